The minimum atomic E-state index is -3.88. The molecule has 4 rings (SSSR count). The highest BCUT2D eigenvalue weighted by Crippen LogP contribution is 2.27. The number of carbonyl (C=O) groups excluding carboxylic acids is 1. The highest BCUT2D eigenvalue weighted by atomic mass is 32.2. The van der Waals surface area contributed by atoms with Gasteiger partial charge in [0.05, 0.1) is 22.3 Å². The summed E-state index contributed by atoms with van der Waals surface area (Å²) >= 11 is 0. The van der Waals surface area contributed by atoms with Crippen LogP contribution in [0.4, 0.5) is 11.5 Å². The van der Waals surface area contributed by atoms with Crippen molar-refractivity contribution in [1.82, 2.24) is 14.8 Å². The number of benzene rings is 2. The van der Waals surface area contributed by atoms with Crippen molar-refractivity contribution in [3.05, 3.63) is 78.1 Å². The van der Waals surface area contributed by atoms with Crippen LogP contribution in [0.2, 0.25) is 0 Å². The molecule has 2 aromatic carbocycles. The van der Waals surface area contributed by atoms with E-state index in [-0.39, 0.29) is 16.3 Å². The molecule has 0 saturated carbocycles. The number of pyridine rings is 1. The van der Waals surface area contributed by atoms with E-state index in [1.54, 1.807) is 43.6 Å². The van der Waals surface area contributed by atoms with E-state index in [0.29, 0.717) is 11.2 Å². The molecule has 0 saturated heterocycles. The normalized spacial score (nSPS) is 11.5. The number of fused-ring (bicyclic) bond motifs is 1. The molecule has 9 heteroatoms. The highest BCUT2D eigenvalue weighted by Gasteiger charge is 2.28. The molecule has 31 heavy (non-hydrogen) atoms. The number of hydrogen-bond acceptors (Lipinski definition) is 5. The van der Waals surface area contributed by atoms with Crippen molar-refractivity contribution >= 4 is 38.3 Å². The lowest BCUT2D eigenvalue weighted by molar-refractivity contribution is 0.102. The zero-order chi connectivity index (χ0) is 22.2. The van der Waals surface area contributed by atoms with Crippen LogP contribution in [0.3, 0.4) is 0 Å². The monoisotopic (exact) mass is 435 g/mol. The maximum atomic E-state index is 13.1. The first kappa shape index (κ1) is 20.5. The summed E-state index contributed by atoms with van der Waals surface area (Å²) in [6.07, 6.45) is 3.00. The fraction of sp³-hybridized carbons (Fsp3) is 0.136. The summed E-state index contributed by atoms with van der Waals surface area (Å²) in [5, 5.41) is 7.83. The number of anilines is 2. The van der Waals surface area contributed by atoms with Gasteiger partial charge in [-0.3, -0.25) is 18.8 Å². The largest absolute Gasteiger partial charge is 0.320 e. The summed E-state index contributed by atoms with van der Waals surface area (Å²) in [5.74, 6) is -0.321. The van der Waals surface area contributed by atoms with Gasteiger partial charge in [0.15, 0.2) is 5.82 Å². The third-order valence-electron chi connectivity index (χ3n) is 5.01. The highest BCUT2D eigenvalue weighted by molar-refractivity contribution is 7.92. The van der Waals surface area contributed by atoms with E-state index in [4.69, 9.17) is 0 Å². The molecule has 0 atom stereocenters. The topological polar surface area (TPSA) is 97.2 Å². The molecule has 1 N–H and O–H groups in total. The van der Waals surface area contributed by atoms with Crippen LogP contribution in [0.25, 0.3) is 10.9 Å². The Kier molecular flexibility index (Phi) is 5.20. The molecule has 2 aromatic heterocycles. The molecule has 1 amide bonds. The van der Waals surface area contributed by atoms with E-state index in [9.17, 15) is 13.2 Å². The van der Waals surface area contributed by atoms with Crippen LogP contribution in [0.15, 0.2) is 71.9 Å². The first-order valence-corrected chi connectivity index (χ1v) is 11.0. The van der Waals surface area contributed by atoms with E-state index >= 15 is 0 Å². The Labute approximate surface area is 180 Å². The lowest BCUT2D eigenvalue weighted by Crippen LogP contribution is -2.30. The number of amides is 1. The molecular formula is C22H21N5O3S. The summed E-state index contributed by atoms with van der Waals surface area (Å²) in [7, 11) is -0.889. The number of rotatable bonds is 5. The van der Waals surface area contributed by atoms with Crippen molar-refractivity contribution in [1.29, 1.82) is 0 Å². The van der Waals surface area contributed by atoms with Crippen molar-refractivity contribution in [3.63, 3.8) is 0 Å². The second kappa shape index (κ2) is 7.84. The molecule has 2 heterocycles. The van der Waals surface area contributed by atoms with Gasteiger partial charge < -0.3 is 5.32 Å². The van der Waals surface area contributed by atoms with E-state index < -0.39 is 15.9 Å². The number of nitrogens with zero attached hydrogens (tertiary/aromatic N) is 4. The molecule has 8 nitrogen and oxygen atoms in total. The van der Waals surface area contributed by atoms with Gasteiger partial charge in [0.25, 0.3) is 15.9 Å². The lowest BCUT2D eigenvalue weighted by atomic mass is 10.2. The maximum Gasteiger partial charge on any atom is 0.265 e. The van der Waals surface area contributed by atoms with Gasteiger partial charge in [0.2, 0.25) is 0 Å². The predicted molar refractivity (Wildman–Crippen MR) is 120 cm³/mol. The summed E-state index contributed by atoms with van der Waals surface area (Å²) in [6, 6.07) is 15.7. The Morgan fingerprint density at radius 2 is 1.77 bits per heavy atom. The van der Waals surface area contributed by atoms with Crippen molar-refractivity contribution in [2.45, 2.75) is 11.8 Å². The Morgan fingerprint density at radius 3 is 2.52 bits per heavy atom. The van der Waals surface area contributed by atoms with Gasteiger partial charge in [-0.2, -0.15) is 5.10 Å². The number of aromatic nitrogens is 3. The average molecular weight is 436 g/mol. The van der Waals surface area contributed by atoms with Crippen molar-refractivity contribution < 1.29 is 13.2 Å². The minimum absolute atomic E-state index is 0.131. The number of aryl methyl sites for hydroxylation is 2. The average Bonchev–Trinajstić information content (AvgIpc) is 3.15. The molecule has 4 aromatic rings. The quantitative estimate of drug-likeness (QED) is 0.518. The van der Waals surface area contributed by atoms with Gasteiger partial charge in [0, 0.05) is 25.7 Å². The van der Waals surface area contributed by atoms with Crippen LogP contribution in [0.5, 0.6) is 0 Å². The Balaban J connectivity index is 1.70. The second-order valence-corrected chi connectivity index (χ2v) is 9.10. The minimum Gasteiger partial charge on any atom is -0.320 e. The fourth-order valence-corrected chi connectivity index (χ4v) is 4.58. The number of nitrogens with one attached hydrogen (secondary N) is 1. The van der Waals surface area contributed by atoms with Gasteiger partial charge in [0.1, 0.15) is 5.56 Å². The molecular weight excluding hydrogens is 414 g/mol. The van der Waals surface area contributed by atoms with Gasteiger partial charge in [-0.25, -0.2) is 8.42 Å². The maximum absolute atomic E-state index is 13.1. The lowest BCUT2D eigenvalue weighted by Gasteiger charge is -2.21. The van der Waals surface area contributed by atoms with Crippen LogP contribution in [0.1, 0.15) is 15.9 Å². The third-order valence-corrected chi connectivity index (χ3v) is 6.77. The van der Waals surface area contributed by atoms with E-state index in [1.165, 1.54) is 17.9 Å². The van der Waals surface area contributed by atoms with Gasteiger partial charge in [-0.1, -0.05) is 35.9 Å². The standard InChI is InChI=1S/C22H21N5O3S/c1-15-9-11-17(12-10-15)31(29,30)27(3)22-18(14-24-26(22)2)21(28)25-19-8-4-6-16-7-5-13-23-20(16)19/h4-14H,1-3H3,(H,25,28). The number of hydrogen-bond donors (Lipinski definition) is 1. The summed E-state index contributed by atoms with van der Waals surface area (Å²) in [5.41, 5.74) is 2.26. The van der Waals surface area contributed by atoms with Crippen LogP contribution in [-0.4, -0.2) is 36.1 Å². The van der Waals surface area contributed by atoms with Crippen molar-refractivity contribution in [3.8, 4) is 0 Å². The molecule has 0 fully saturated rings. The molecule has 0 aliphatic heterocycles. The first-order valence-electron chi connectivity index (χ1n) is 9.52. The molecule has 158 valence electrons. The molecule has 0 spiro atoms. The van der Waals surface area contributed by atoms with Crippen molar-refractivity contribution in [2.75, 3.05) is 16.7 Å². The molecule has 0 aliphatic carbocycles. The zero-order valence-electron chi connectivity index (χ0n) is 17.3. The Morgan fingerprint density at radius 1 is 1.06 bits per heavy atom. The molecule has 0 unspecified atom stereocenters. The predicted octanol–water partition coefficient (Wildman–Crippen LogP) is 3.35. The second-order valence-electron chi connectivity index (χ2n) is 7.13. The fourth-order valence-electron chi connectivity index (χ4n) is 3.34. The SMILES string of the molecule is Cc1ccc(S(=O)(=O)N(C)c2c(C(=O)Nc3cccc4cccnc34)cnn2C)cc1. The smallest absolute Gasteiger partial charge is 0.265 e. The van der Waals surface area contributed by atoms with Gasteiger partial charge >= 0.3 is 0 Å². The molecule has 0 bridgehead atoms. The Hall–Kier alpha value is -3.72. The van der Waals surface area contributed by atoms with Gasteiger partial charge in [-0.15, -0.1) is 0 Å². The van der Waals surface area contributed by atoms with Crippen molar-refractivity contribution in [2.24, 2.45) is 7.05 Å². The molecule has 0 aliphatic rings. The number of sulfonamides is 1. The molecule has 0 radical (unpaired) electrons. The number of carbonyl (C=O) groups is 1. The van der Waals surface area contributed by atoms with E-state index in [1.807, 2.05) is 31.2 Å². The van der Waals surface area contributed by atoms with Crippen LogP contribution in [0, 0.1) is 6.92 Å². The van der Waals surface area contributed by atoms with Crippen LogP contribution in [-0.2, 0) is 17.1 Å². The zero-order valence-corrected chi connectivity index (χ0v) is 18.1. The van der Waals surface area contributed by atoms with Crippen LogP contribution >= 0.6 is 0 Å². The third kappa shape index (κ3) is 3.75. The van der Waals surface area contributed by atoms with E-state index in [0.717, 1.165) is 15.3 Å². The Bertz CT molecular complexity index is 1370. The summed E-state index contributed by atoms with van der Waals surface area (Å²) in [6.45, 7) is 1.88. The van der Waals surface area contributed by atoms with E-state index in [2.05, 4.69) is 15.4 Å². The van der Waals surface area contributed by atoms with Crippen LogP contribution < -0.4 is 9.62 Å². The summed E-state index contributed by atoms with van der Waals surface area (Å²) < 4.78 is 28.7. The summed E-state index contributed by atoms with van der Waals surface area (Å²) in [4.78, 5) is 17.6. The first-order chi connectivity index (χ1) is 14.8. The van der Waals surface area contributed by atoms with Gasteiger partial charge in [-0.05, 0) is 31.2 Å². The number of para-hydroxylation sites is 1.